The zero-order chi connectivity index (χ0) is 16.8. The number of nitrogens with two attached hydrogens (primary N) is 1. The first-order valence-electron chi connectivity index (χ1n) is 6.99. The van der Waals surface area contributed by atoms with E-state index in [1.807, 2.05) is 29.6 Å². The van der Waals surface area contributed by atoms with E-state index in [4.69, 9.17) is 10.9 Å². The molecule has 0 radical (unpaired) electrons. The van der Waals surface area contributed by atoms with E-state index in [1.165, 1.54) is 18.3 Å². The summed E-state index contributed by atoms with van der Waals surface area (Å²) in [4.78, 5) is 26.1. The van der Waals surface area contributed by atoms with Crippen molar-refractivity contribution in [1.29, 1.82) is 0 Å². The van der Waals surface area contributed by atoms with Crippen LogP contribution in [0.5, 0.6) is 0 Å². The Labute approximate surface area is 149 Å². The number of halogens is 1. The number of carboxylic acid groups (broad SMARTS) is 1. The molecule has 0 saturated heterocycles. The first-order valence-corrected chi connectivity index (χ1v) is 7.87. The lowest BCUT2D eigenvalue weighted by molar-refractivity contribution is -0.114. The molecule has 7 nitrogen and oxygen atoms in total. The maximum absolute atomic E-state index is 11.0. The number of carbonyl (C=O) groups is 2. The van der Waals surface area contributed by atoms with Crippen molar-refractivity contribution in [3.05, 3.63) is 46.5 Å². The lowest BCUT2D eigenvalue weighted by Gasteiger charge is -2.13. The second-order valence-corrected chi connectivity index (χ2v) is 5.91. The van der Waals surface area contributed by atoms with E-state index < -0.39 is 6.09 Å². The topological polar surface area (TPSA) is 109 Å². The second-order valence-electron chi connectivity index (χ2n) is 5.06. The fraction of sp³-hybridized carbons (Fsp3) is 0.267. The number of carbonyl (C=O) groups excluding carboxylic acids is 1. The van der Waals surface area contributed by atoms with Gasteiger partial charge in [-0.25, -0.2) is 20.6 Å². The van der Waals surface area contributed by atoms with Gasteiger partial charge in [0, 0.05) is 12.3 Å². The van der Waals surface area contributed by atoms with Crippen molar-refractivity contribution >= 4 is 40.9 Å². The van der Waals surface area contributed by atoms with Gasteiger partial charge in [-0.05, 0) is 24.0 Å². The van der Waals surface area contributed by atoms with Crippen LogP contribution >= 0.6 is 23.7 Å². The Bertz CT molecular complexity index is 708. The molecule has 0 aliphatic heterocycles. The molecule has 0 aliphatic carbocycles. The van der Waals surface area contributed by atoms with Crippen LogP contribution in [0.25, 0.3) is 0 Å². The fourth-order valence-electron chi connectivity index (χ4n) is 2.05. The highest BCUT2D eigenvalue weighted by Gasteiger charge is 2.08. The van der Waals surface area contributed by atoms with Crippen molar-refractivity contribution in [2.75, 3.05) is 5.32 Å². The van der Waals surface area contributed by atoms with Crippen LogP contribution in [0.4, 0.5) is 9.93 Å². The Hall–Kier alpha value is -2.16. The van der Waals surface area contributed by atoms with Gasteiger partial charge in [0.15, 0.2) is 5.13 Å². The molecule has 2 amide bonds. The van der Waals surface area contributed by atoms with E-state index in [0.29, 0.717) is 5.13 Å². The van der Waals surface area contributed by atoms with Gasteiger partial charge in [0.05, 0.1) is 12.2 Å². The highest BCUT2D eigenvalue weighted by molar-refractivity contribution is 7.13. The van der Waals surface area contributed by atoms with Gasteiger partial charge in [0.1, 0.15) is 0 Å². The van der Waals surface area contributed by atoms with Crippen molar-refractivity contribution in [2.45, 2.75) is 26.3 Å². The van der Waals surface area contributed by atoms with Gasteiger partial charge < -0.3 is 10.4 Å². The van der Waals surface area contributed by atoms with Crippen molar-refractivity contribution < 1.29 is 14.7 Å². The average molecular weight is 371 g/mol. The molecule has 2 aromatic rings. The first kappa shape index (κ1) is 19.9. The Morgan fingerprint density at radius 2 is 2.04 bits per heavy atom. The summed E-state index contributed by atoms with van der Waals surface area (Å²) in [5, 5.41) is 14.7. The lowest BCUT2D eigenvalue weighted by Crippen LogP contribution is -2.35. The van der Waals surface area contributed by atoms with Crippen molar-refractivity contribution in [3.8, 4) is 0 Å². The fourth-order valence-corrected chi connectivity index (χ4v) is 2.84. The molecule has 0 atom stereocenters. The summed E-state index contributed by atoms with van der Waals surface area (Å²) < 4.78 is 0. The molecular formula is C15H19ClN4O3S. The van der Waals surface area contributed by atoms with Crippen LogP contribution in [-0.2, 0) is 24.2 Å². The lowest BCUT2D eigenvalue weighted by atomic mass is 10.1. The average Bonchev–Trinajstić information content (AvgIpc) is 2.92. The summed E-state index contributed by atoms with van der Waals surface area (Å²) in [5.41, 5.74) is 2.83. The number of rotatable bonds is 6. The summed E-state index contributed by atoms with van der Waals surface area (Å²) in [7, 11) is 0. The zero-order valence-corrected chi connectivity index (χ0v) is 14.7. The predicted molar refractivity (Wildman–Crippen MR) is 95.3 cm³/mol. The first-order chi connectivity index (χ1) is 10.9. The molecule has 0 saturated carbocycles. The molecular weight excluding hydrogens is 352 g/mol. The number of aryl methyl sites for hydroxylation is 2. The van der Waals surface area contributed by atoms with E-state index in [1.54, 1.807) is 0 Å². The van der Waals surface area contributed by atoms with Crippen molar-refractivity contribution in [1.82, 2.24) is 9.99 Å². The number of nitrogens with one attached hydrogen (secondary N) is 1. The highest BCUT2D eigenvalue weighted by atomic mass is 35.5. The maximum atomic E-state index is 11.0. The van der Waals surface area contributed by atoms with Crippen molar-refractivity contribution in [3.63, 3.8) is 0 Å². The number of nitrogens with zero attached hydrogens (tertiary/aromatic N) is 2. The van der Waals surface area contributed by atoms with Gasteiger partial charge in [-0.3, -0.25) is 4.79 Å². The number of aromatic nitrogens is 1. The summed E-state index contributed by atoms with van der Waals surface area (Å²) >= 11 is 1.40. The minimum absolute atomic E-state index is 0. The number of hydrogen-bond acceptors (Lipinski definition) is 5. The maximum Gasteiger partial charge on any atom is 0.421 e. The quantitative estimate of drug-likeness (QED) is 0.411. The van der Waals surface area contributed by atoms with Crippen LogP contribution in [0.15, 0.2) is 29.6 Å². The predicted octanol–water partition coefficient (Wildman–Crippen LogP) is 2.66. The molecule has 1 aromatic heterocycles. The van der Waals surface area contributed by atoms with Crippen LogP contribution in [0.3, 0.4) is 0 Å². The minimum atomic E-state index is -1.16. The summed E-state index contributed by atoms with van der Waals surface area (Å²) in [5.74, 6) is 5.26. The third kappa shape index (κ3) is 6.15. The Kier molecular flexibility index (Phi) is 7.63. The third-order valence-corrected chi connectivity index (χ3v) is 3.90. The largest absolute Gasteiger partial charge is 0.464 e. The number of thiazole rings is 1. The summed E-state index contributed by atoms with van der Waals surface area (Å²) in [6.07, 6.45) is 0.350. The van der Waals surface area contributed by atoms with E-state index >= 15 is 0 Å². The van der Waals surface area contributed by atoms with Gasteiger partial charge >= 0.3 is 6.09 Å². The van der Waals surface area contributed by atoms with E-state index in [2.05, 4.69) is 10.3 Å². The normalized spacial score (nSPS) is 9.92. The molecule has 4 N–H and O–H groups in total. The number of benzene rings is 1. The van der Waals surface area contributed by atoms with Crippen LogP contribution < -0.4 is 11.2 Å². The van der Waals surface area contributed by atoms with Crippen LogP contribution in [0.1, 0.15) is 23.7 Å². The molecule has 0 spiro atoms. The SMILES string of the molecule is CC(=O)Nc1nc(CCc2cccc(CN(N)C(=O)O)c2)cs1.Cl. The molecule has 0 fully saturated rings. The van der Waals surface area contributed by atoms with Gasteiger partial charge in [0.25, 0.3) is 0 Å². The highest BCUT2D eigenvalue weighted by Crippen LogP contribution is 2.17. The van der Waals surface area contributed by atoms with E-state index in [-0.39, 0.29) is 24.9 Å². The second kappa shape index (κ2) is 9.21. The van der Waals surface area contributed by atoms with Crippen LogP contribution in [0, 0.1) is 0 Å². The van der Waals surface area contributed by atoms with Crippen molar-refractivity contribution in [2.24, 2.45) is 5.84 Å². The Balaban J connectivity index is 0.00000288. The van der Waals surface area contributed by atoms with Gasteiger partial charge in [-0.1, -0.05) is 24.3 Å². The number of anilines is 1. The molecule has 9 heteroatoms. The van der Waals surface area contributed by atoms with Gasteiger partial charge in [0.2, 0.25) is 5.91 Å². The molecule has 24 heavy (non-hydrogen) atoms. The number of amides is 2. The molecule has 1 aromatic carbocycles. The Morgan fingerprint density at radius 3 is 2.71 bits per heavy atom. The molecule has 1 heterocycles. The molecule has 0 bridgehead atoms. The smallest absolute Gasteiger partial charge is 0.421 e. The third-order valence-electron chi connectivity index (χ3n) is 3.09. The molecule has 0 unspecified atom stereocenters. The molecule has 130 valence electrons. The van der Waals surface area contributed by atoms with Gasteiger partial charge in [-0.2, -0.15) is 0 Å². The number of hydrogen-bond donors (Lipinski definition) is 3. The zero-order valence-electron chi connectivity index (χ0n) is 13.1. The number of hydrazine groups is 1. The minimum Gasteiger partial charge on any atom is -0.464 e. The Morgan fingerprint density at radius 1 is 1.33 bits per heavy atom. The van der Waals surface area contributed by atoms with E-state index in [0.717, 1.165) is 34.7 Å². The van der Waals surface area contributed by atoms with Crippen LogP contribution in [0.2, 0.25) is 0 Å². The molecule has 2 rings (SSSR count). The standard InChI is InChI=1S/C15H18N4O3S.ClH/c1-10(20)17-14-18-13(9-23-14)6-5-11-3-2-4-12(7-11)8-19(16)15(21)22;/h2-4,7,9H,5-6,8,16H2,1H3,(H,21,22)(H,17,18,20);1H. The monoisotopic (exact) mass is 370 g/mol. The summed E-state index contributed by atoms with van der Waals surface area (Å²) in [6.45, 7) is 1.59. The van der Waals surface area contributed by atoms with Gasteiger partial charge in [-0.15, -0.1) is 23.7 Å². The summed E-state index contributed by atoms with van der Waals surface area (Å²) in [6, 6.07) is 7.63. The van der Waals surface area contributed by atoms with Crippen LogP contribution in [-0.4, -0.2) is 27.1 Å². The molecule has 0 aliphatic rings. The van der Waals surface area contributed by atoms with E-state index in [9.17, 15) is 9.59 Å².